The molecule has 1 saturated heterocycles. The van der Waals surface area contributed by atoms with Gasteiger partial charge in [0.1, 0.15) is 0 Å². The summed E-state index contributed by atoms with van der Waals surface area (Å²) in [6.07, 6.45) is 4.00. The molecule has 0 spiro atoms. The van der Waals surface area contributed by atoms with E-state index in [2.05, 4.69) is 45.0 Å². The molecule has 1 aromatic heterocycles. The summed E-state index contributed by atoms with van der Waals surface area (Å²) >= 11 is 5.62. The second kappa shape index (κ2) is 6.81. The van der Waals surface area contributed by atoms with Gasteiger partial charge in [0, 0.05) is 12.6 Å². The molecule has 0 bridgehead atoms. The van der Waals surface area contributed by atoms with Gasteiger partial charge in [-0.3, -0.25) is 0 Å². The Balaban J connectivity index is 1.86. The minimum Gasteiger partial charge on any atom is -0.316 e. The van der Waals surface area contributed by atoms with Crippen LogP contribution in [0, 0.1) is 4.77 Å². The zero-order chi connectivity index (χ0) is 17.3. The lowest BCUT2D eigenvalue weighted by molar-refractivity contribution is -0.928. The second-order valence-electron chi connectivity index (χ2n) is 7.96. The predicted octanol–water partition coefficient (Wildman–Crippen LogP) is 2.94. The first-order chi connectivity index (χ1) is 11.4. The summed E-state index contributed by atoms with van der Waals surface area (Å²) in [5.74, 6) is 0.955. The Labute approximate surface area is 150 Å². The average molecular weight is 346 g/mol. The van der Waals surface area contributed by atoms with E-state index < -0.39 is 0 Å². The molecule has 0 atom stereocenters. The molecule has 1 aliphatic rings. The Bertz CT molecular complexity index is 743. The van der Waals surface area contributed by atoms with Crippen molar-refractivity contribution < 1.29 is 4.90 Å². The maximum absolute atomic E-state index is 5.62. The van der Waals surface area contributed by atoms with Gasteiger partial charge >= 0.3 is 0 Å². The highest BCUT2D eigenvalue weighted by Gasteiger charge is 2.18. The number of hydrogen-bond acceptors (Lipinski definition) is 2. The third-order valence-corrected chi connectivity index (χ3v) is 5.47. The third-order valence-electron chi connectivity index (χ3n) is 4.98. The molecule has 0 amide bonds. The standard InChI is InChI=1S/C19H28N4S/c1-19(2,3)16-10-8-15(9-11-16)17-20-23(18(24)21(17)4)14-22-12-6-5-7-13-22/h8-11H,5-7,12-14H2,1-4H3/p+1. The van der Waals surface area contributed by atoms with Crippen LogP contribution in [0.1, 0.15) is 45.6 Å². The van der Waals surface area contributed by atoms with Gasteiger partial charge in [-0.1, -0.05) is 45.0 Å². The fraction of sp³-hybridized carbons (Fsp3) is 0.579. The van der Waals surface area contributed by atoms with Crippen LogP contribution in [0.4, 0.5) is 0 Å². The van der Waals surface area contributed by atoms with Crippen LogP contribution >= 0.6 is 12.2 Å². The molecule has 1 aliphatic heterocycles. The molecule has 3 rings (SSSR count). The van der Waals surface area contributed by atoms with E-state index in [1.807, 2.05) is 16.3 Å². The number of quaternary nitrogens is 1. The van der Waals surface area contributed by atoms with Crippen molar-refractivity contribution in [3.05, 3.63) is 34.6 Å². The molecular formula is C19H29N4S+. The molecule has 24 heavy (non-hydrogen) atoms. The monoisotopic (exact) mass is 345 g/mol. The topological polar surface area (TPSA) is 27.2 Å². The third kappa shape index (κ3) is 3.62. The van der Waals surface area contributed by atoms with Crippen molar-refractivity contribution in [1.82, 2.24) is 14.3 Å². The Kier molecular flexibility index (Phi) is 4.92. The minimum absolute atomic E-state index is 0.168. The number of aromatic nitrogens is 3. The van der Waals surface area contributed by atoms with Crippen LogP contribution in [0.25, 0.3) is 11.4 Å². The minimum atomic E-state index is 0.168. The summed E-state index contributed by atoms with van der Waals surface area (Å²) in [4.78, 5) is 1.59. The first kappa shape index (κ1) is 17.4. The molecule has 0 saturated carbocycles. The molecular weight excluding hydrogens is 316 g/mol. The molecule has 1 aromatic carbocycles. The van der Waals surface area contributed by atoms with Crippen LogP contribution < -0.4 is 4.90 Å². The van der Waals surface area contributed by atoms with Gasteiger partial charge in [-0.05, 0) is 42.5 Å². The van der Waals surface area contributed by atoms with E-state index in [0.717, 1.165) is 22.8 Å². The zero-order valence-electron chi connectivity index (χ0n) is 15.3. The normalized spacial score (nSPS) is 16.5. The lowest BCUT2D eigenvalue weighted by Crippen LogP contribution is -3.12. The van der Waals surface area contributed by atoms with Gasteiger partial charge < -0.3 is 9.47 Å². The van der Waals surface area contributed by atoms with Crippen molar-refractivity contribution in [1.29, 1.82) is 0 Å². The molecule has 0 unspecified atom stereocenters. The van der Waals surface area contributed by atoms with Gasteiger partial charge in [0.25, 0.3) is 0 Å². The first-order valence-corrected chi connectivity index (χ1v) is 9.35. The molecule has 130 valence electrons. The van der Waals surface area contributed by atoms with E-state index >= 15 is 0 Å². The van der Waals surface area contributed by atoms with Crippen LogP contribution in [-0.4, -0.2) is 27.4 Å². The summed E-state index contributed by atoms with van der Waals surface area (Å²) in [5, 5.41) is 4.82. The van der Waals surface area contributed by atoms with E-state index in [1.54, 1.807) is 4.90 Å². The molecule has 0 aliphatic carbocycles. The highest BCUT2D eigenvalue weighted by Crippen LogP contribution is 2.25. The lowest BCUT2D eigenvalue weighted by Gasteiger charge is -2.22. The van der Waals surface area contributed by atoms with Crippen LogP contribution in [-0.2, 0) is 19.1 Å². The number of piperidine rings is 1. The van der Waals surface area contributed by atoms with Crippen molar-refractivity contribution in [3.8, 4) is 11.4 Å². The summed E-state index contributed by atoms with van der Waals surface area (Å²) in [5.41, 5.74) is 2.63. The van der Waals surface area contributed by atoms with Crippen molar-refractivity contribution >= 4 is 12.2 Å². The lowest BCUT2D eigenvalue weighted by atomic mass is 9.87. The van der Waals surface area contributed by atoms with Gasteiger partial charge in [0.05, 0.1) is 13.1 Å². The van der Waals surface area contributed by atoms with E-state index in [4.69, 9.17) is 17.3 Å². The highest BCUT2D eigenvalue weighted by molar-refractivity contribution is 7.71. The van der Waals surface area contributed by atoms with Gasteiger partial charge in [0.2, 0.25) is 4.77 Å². The number of nitrogens with zero attached hydrogens (tertiary/aromatic N) is 3. The predicted molar refractivity (Wildman–Crippen MR) is 101 cm³/mol. The molecule has 1 fully saturated rings. The van der Waals surface area contributed by atoms with E-state index in [1.165, 1.54) is 37.9 Å². The molecule has 1 N–H and O–H groups in total. The van der Waals surface area contributed by atoms with Gasteiger partial charge in [0.15, 0.2) is 12.5 Å². The Morgan fingerprint density at radius 1 is 1.08 bits per heavy atom. The van der Waals surface area contributed by atoms with Gasteiger partial charge in [-0.2, -0.15) is 4.68 Å². The Hall–Kier alpha value is -1.46. The molecule has 5 heteroatoms. The fourth-order valence-corrected chi connectivity index (χ4v) is 3.58. The molecule has 0 radical (unpaired) electrons. The summed E-state index contributed by atoms with van der Waals surface area (Å²) in [6, 6.07) is 8.73. The largest absolute Gasteiger partial charge is 0.316 e. The van der Waals surface area contributed by atoms with E-state index in [9.17, 15) is 0 Å². The van der Waals surface area contributed by atoms with Gasteiger partial charge in [-0.25, -0.2) is 0 Å². The van der Waals surface area contributed by atoms with Crippen LogP contribution in [0.15, 0.2) is 24.3 Å². The summed E-state index contributed by atoms with van der Waals surface area (Å²) < 4.78 is 4.84. The smallest absolute Gasteiger partial charge is 0.202 e. The van der Waals surface area contributed by atoms with Crippen molar-refractivity contribution in [3.63, 3.8) is 0 Å². The number of nitrogens with one attached hydrogen (secondary N) is 1. The SMILES string of the molecule is Cn1c(-c2ccc(C(C)(C)C)cc2)nn(C[NH+]2CCCCC2)c1=S. The maximum atomic E-state index is 5.62. The molecule has 2 aromatic rings. The fourth-order valence-electron chi connectivity index (χ4n) is 3.38. The zero-order valence-corrected chi connectivity index (χ0v) is 16.1. The van der Waals surface area contributed by atoms with Crippen molar-refractivity contribution in [2.75, 3.05) is 13.1 Å². The van der Waals surface area contributed by atoms with Gasteiger partial charge in [-0.15, -0.1) is 5.10 Å². The van der Waals surface area contributed by atoms with E-state index in [-0.39, 0.29) is 5.41 Å². The summed E-state index contributed by atoms with van der Waals surface area (Å²) in [7, 11) is 2.02. The first-order valence-electron chi connectivity index (χ1n) is 8.94. The van der Waals surface area contributed by atoms with E-state index in [0.29, 0.717) is 0 Å². The Morgan fingerprint density at radius 2 is 1.71 bits per heavy atom. The number of rotatable bonds is 3. The van der Waals surface area contributed by atoms with Crippen molar-refractivity contribution in [2.24, 2.45) is 7.05 Å². The highest BCUT2D eigenvalue weighted by atomic mass is 32.1. The molecule has 4 nitrogen and oxygen atoms in total. The maximum Gasteiger partial charge on any atom is 0.202 e. The van der Waals surface area contributed by atoms with Crippen LogP contribution in [0.2, 0.25) is 0 Å². The number of hydrogen-bond donors (Lipinski definition) is 1. The number of likely N-dealkylation sites (tertiary alicyclic amines) is 1. The molecule has 2 heterocycles. The second-order valence-corrected chi connectivity index (χ2v) is 8.33. The summed E-state index contributed by atoms with van der Waals surface area (Å²) in [6.45, 7) is 10.0. The average Bonchev–Trinajstić information content (AvgIpc) is 2.84. The van der Waals surface area contributed by atoms with Crippen LogP contribution in [0.3, 0.4) is 0 Å². The Morgan fingerprint density at radius 3 is 2.29 bits per heavy atom. The van der Waals surface area contributed by atoms with Crippen LogP contribution in [0.5, 0.6) is 0 Å². The quantitative estimate of drug-likeness (QED) is 0.866. The van der Waals surface area contributed by atoms with Crippen molar-refractivity contribution in [2.45, 2.75) is 52.1 Å². The number of benzene rings is 1.